The summed E-state index contributed by atoms with van der Waals surface area (Å²) in [5, 5.41) is 14.0. The summed E-state index contributed by atoms with van der Waals surface area (Å²) in [7, 11) is 0. The van der Waals surface area contributed by atoms with E-state index in [1.807, 2.05) is 36.4 Å². The van der Waals surface area contributed by atoms with Crippen LogP contribution in [0.1, 0.15) is 37.3 Å². The SMILES string of the molecule is CC[C@@H](NC(=O)/C(C)=C/CNC(=O)OCC1c2ccccc2-c2ccccc21)C(=O)O. The van der Waals surface area contributed by atoms with Crippen LogP contribution in [0.3, 0.4) is 0 Å². The zero-order chi connectivity index (χ0) is 22.4. The van der Waals surface area contributed by atoms with E-state index in [4.69, 9.17) is 9.84 Å². The molecule has 2 aromatic rings. The number of carbonyl (C=O) groups is 3. The fourth-order valence-corrected chi connectivity index (χ4v) is 3.64. The Morgan fingerprint density at radius 3 is 2.19 bits per heavy atom. The van der Waals surface area contributed by atoms with Gasteiger partial charge < -0.3 is 20.5 Å². The number of carbonyl (C=O) groups excluding carboxylic acids is 2. The third kappa shape index (κ3) is 5.12. The molecular weight excluding hydrogens is 396 g/mol. The van der Waals surface area contributed by atoms with E-state index in [-0.39, 0.29) is 25.5 Å². The minimum atomic E-state index is -1.08. The van der Waals surface area contributed by atoms with Gasteiger partial charge in [-0.25, -0.2) is 9.59 Å². The lowest BCUT2D eigenvalue weighted by Gasteiger charge is -2.14. The topological polar surface area (TPSA) is 105 Å². The monoisotopic (exact) mass is 422 g/mol. The molecule has 1 aliphatic rings. The second-order valence-electron chi connectivity index (χ2n) is 7.37. The summed E-state index contributed by atoms with van der Waals surface area (Å²) < 4.78 is 5.44. The van der Waals surface area contributed by atoms with Crippen LogP contribution < -0.4 is 10.6 Å². The molecule has 7 heteroatoms. The van der Waals surface area contributed by atoms with Gasteiger partial charge in [0.15, 0.2) is 0 Å². The lowest BCUT2D eigenvalue weighted by molar-refractivity contribution is -0.141. The summed E-state index contributed by atoms with van der Waals surface area (Å²) in [5.74, 6) is -1.59. The molecule has 31 heavy (non-hydrogen) atoms. The second-order valence-corrected chi connectivity index (χ2v) is 7.37. The van der Waals surface area contributed by atoms with Crippen molar-refractivity contribution < 1.29 is 24.2 Å². The predicted molar refractivity (Wildman–Crippen MR) is 117 cm³/mol. The first-order chi connectivity index (χ1) is 14.9. The van der Waals surface area contributed by atoms with E-state index in [1.165, 1.54) is 6.08 Å². The molecule has 0 aromatic heterocycles. The van der Waals surface area contributed by atoms with Crippen molar-refractivity contribution in [2.24, 2.45) is 0 Å². The number of hydrogen-bond acceptors (Lipinski definition) is 4. The summed E-state index contributed by atoms with van der Waals surface area (Å²) in [4.78, 5) is 35.2. The number of alkyl carbamates (subject to hydrolysis) is 1. The summed E-state index contributed by atoms with van der Waals surface area (Å²) in [6.45, 7) is 3.54. The maximum atomic E-state index is 12.1. The Balaban J connectivity index is 1.53. The zero-order valence-electron chi connectivity index (χ0n) is 17.6. The molecule has 0 saturated carbocycles. The highest BCUT2D eigenvalue weighted by Crippen LogP contribution is 2.44. The van der Waals surface area contributed by atoms with Gasteiger partial charge in [0, 0.05) is 18.0 Å². The van der Waals surface area contributed by atoms with Crippen LogP contribution in [0.15, 0.2) is 60.2 Å². The number of hydrogen-bond donors (Lipinski definition) is 3. The van der Waals surface area contributed by atoms with Gasteiger partial charge in [-0.3, -0.25) is 4.79 Å². The van der Waals surface area contributed by atoms with Gasteiger partial charge in [-0.1, -0.05) is 61.5 Å². The number of ether oxygens (including phenoxy) is 1. The first kappa shape index (κ1) is 22.1. The van der Waals surface area contributed by atoms with Crippen molar-refractivity contribution in [3.63, 3.8) is 0 Å². The molecule has 3 N–H and O–H groups in total. The quantitative estimate of drug-likeness (QED) is 0.565. The molecule has 162 valence electrons. The zero-order valence-corrected chi connectivity index (χ0v) is 17.6. The van der Waals surface area contributed by atoms with Crippen molar-refractivity contribution in [1.82, 2.24) is 10.6 Å². The molecule has 0 aliphatic heterocycles. The summed E-state index contributed by atoms with van der Waals surface area (Å²) in [6.07, 6.45) is 1.22. The Morgan fingerprint density at radius 2 is 1.65 bits per heavy atom. The summed E-state index contributed by atoms with van der Waals surface area (Å²) >= 11 is 0. The van der Waals surface area contributed by atoms with E-state index in [1.54, 1.807) is 13.8 Å². The van der Waals surface area contributed by atoms with Crippen LogP contribution in [-0.4, -0.2) is 42.3 Å². The highest BCUT2D eigenvalue weighted by molar-refractivity contribution is 5.95. The maximum absolute atomic E-state index is 12.1. The van der Waals surface area contributed by atoms with Gasteiger partial charge >= 0.3 is 12.1 Å². The Bertz CT molecular complexity index is 969. The molecule has 1 atom stereocenters. The van der Waals surface area contributed by atoms with Gasteiger partial charge in [0.25, 0.3) is 0 Å². The number of carboxylic acids is 1. The van der Waals surface area contributed by atoms with Crippen LogP contribution >= 0.6 is 0 Å². The molecule has 0 unspecified atom stereocenters. The van der Waals surface area contributed by atoms with E-state index in [2.05, 4.69) is 22.8 Å². The molecule has 0 saturated heterocycles. The number of carboxylic acid groups (broad SMARTS) is 1. The molecule has 2 amide bonds. The molecule has 0 radical (unpaired) electrons. The van der Waals surface area contributed by atoms with Crippen LogP contribution in [0, 0.1) is 0 Å². The van der Waals surface area contributed by atoms with Crippen molar-refractivity contribution in [2.45, 2.75) is 32.2 Å². The third-order valence-corrected chi connectivity index (χ3v) is 5.37. The molecule has 3 rings (SSSR count). The van der Waals surface area contributed by atoms with Crippen LogP contribution in [0.5, 0.6) is 0 Å². The predicted octanol–water partition coefficient (Wildman–Crippen LogP) is 3.45. The number of fused-ring (bicyclic) bond motifs is 3. The number of rotatable bonds is 8. The number of amides is 2. The fraction of sp³-hybridized carbons (Fsp3) is 0.292. The van der Waals surface area contributed by atoms with E-state index >= 15 is 0 Å². The van der Waals surface area contributed by atoms with Gasteiger partial charge in [0.05, 0.1) is 0 Å². The Kier molecular flexibility index (Phi) is 7.07. The van der Waals surface area contributed by atoms with Crippen molar-refractivity contribution in [3.05, 3.63) is 71.3 Å². The van der Waals surface area contributed by atoms with Gasteiger partial charge in [0.1, 0.15) is 12.6 Å². The first-order valence-corrected chi connectivity index (χ1v) is 10.2. The summed E-state index contributed by atoms with van der Waals surface area (Å²) in [6, 6.07) is 15.2. The third-order valence-electron chi connectivity index (χ3n) is 5.37. The normalized spacial score (nSPS) is 13.7. The standard InChI is InChI=1S/C24H26N2O5/c1-3-21(23(28)29)26-22(27)15(2)12-13-25-24(30)31-14-20-18-10-6-4-8-16(18)17-9-5-7-11-19(17)20/h4-12,20-21H,3,13-14H2,1-2H3,(H,25,30)(H,26,27)(H,28,29)/b15-12+/t21-/m1/s1. The molecule has 0 heterocycles. The molecule has 0 spiro atoms. The van der Waals surface area contributed by atoms with Crippen molar-refractivity contribution in [3.8, 4) is 11.1 Å². The highest BCUT2D eigenvalue weighted by Gasteiger charge is 2.28. The maximum Gasteiger partial charge on any atom is 0.407 e. The lowest BCUT2D eigenvalue weighted by atomic mass is 9.98. The van der Waals surface area contributed by atoms with E-state index in [0.29, 0.717) is 5.57 Å². The number of nitrogens with one attached hydrogen (secondary N) is 2. The minimum Gasteiger partial charge on any atom is -0.480 e. The molecule has 0 fully saturated rings. The van der Waals surface area contributed by atoms with Crippen molar-refractivity contribution >= 4 is 18.0 Å². The minimum absolute atomic E-state index is 0.0248. The van der Waals surface area contributed by atoms with Gasteiger partial charge in [-0.2, -0.15) is 0 Å². The fourth-order valence-electron chi connectivity index (χ4n) is 3.64. The number of aliphatic carboxylic acids is 1. The first-order valence-electron chi connectivity index (χ1n) is 10.2. The average molecular weight is 422 g/mol. The van der Waals surface area contributed by atoms with Crippen LogP contribution in [0.25, 0.3) is 11.1 Å². The molecule has 0 bridgehead atoms. The Hall–Kier alpha value is -3.61. The largest absolute Gasteiger partial charge is 0.480 e. The molecule has 7 nitrogen and oxygen atoms in total. The van der Waals surface area contributed by atoms with Crippen LogP contribution in [0.4, 0.5) is 4.79 Å². The highest BCUT2D eigenvalue weighted by atomic mass is 16.5. The Labute approximate surface area is 181 Å². The van der Waals surface area contributed by atoms with Gasteiger partial charge in [-0.15, -0.1) is 0 Å². The molecular formula is C24H26N2O5. The number of benzene rings is 2. The van der Waals surface area contributed by atoms with E-state index < -0.39 is 24.0 Å². The van der Waals surface area contributed by atoms with Gasteiger partial charge in [-0.05, 0) is 35.6 Å². The van der Waals surface area contributed by atoms with Crippen molar-refractivity contribution in [1.29, 1.82) is 0 Å². The van der Waals surface area contributed by atoms with E-state index in [0.717, 1.165) is 22.3 Å². The van der Waals surface area contributed by atoms with E-state index in [9.17, 15) is 14.4 Å². The van der Waals surface area contributed by atoms with Gasteiger partial charge in [0.2, 0.25) is 5.91 Å². The molecule has 2 aromatic carbocycles. The molecule has 1 aliphatic carbocycles. The van der Waals surface area contributed by atoms with Crippen LogP contribution in [0.2, 0.25) is 0 Å². The average Bonchev–Trinajstić information content (AvgIpc) is 3.09. The second kappa shape index (κ2) is 9.93. The van der Waals surface area contributed by atoms with Crippen molar-refractivity contribution in [2.75, 3.05) is 13.2 Å². The smallest absolute Gasteiger partial charge is 0.407 e. The Morgan fingerprint density at radius 1 is 1.06 bits per heavy atom. The lowest BCUT2D eigenvalue weighted by Crippen LogP contribution is -2.40. The summed E-state index contributed by atoms with van der Waals surface area (Å²) in [5.41, 5.74) is 4.89. The van der Waals surface area contributed by atoms with Crippen LogP contribution in [-0.2, 0) is 14.3 Å².